The smallest absolute Gasteiger partial charge is 0.266 e. The summed E-state index contributed by atoms with van der Waals surface area (Å²) in [5.74, 6) is 0.191. The lowest BCUT2D eigenvalue weighted by atomic mass is 10.1. The molecule has 2 N–H and O–H groups in total. The zero-order valence-corrected chi connectivity index (χ0v) is 18.1. The molecule has 0 radical (unpaired) electrons. The Balaban J connectivity index is 2.23. The van der Waals surface area contributed by atoms with Crippen molar-refractivity contribution < 1.29 is 19.1 Å². The maximum Gasteiger partial charge on any atom is 0.266 e. The Morgan fingerprint density at radius 1 is 1.20 bits per heavy atom. The van der Waals surface area contributed by atoms with Crippen LogP contribution in [0.4, 0.5) is 11.4 Å². The molecule has 0 saturated heterocycles. The Morgan fingerprint density at radius 2 is 1.83 bits per heavy atom. The first kappa shape index (κ1) is 22.7. The predicted octanol–water partition coefficient (Wildman–Crippen LogP) is 4.53. The van der Waals surface area contributed by atoms with E-state index in [2.05, 4.69) is 33.1 Å². The van der Waals surface area contributed by atoms with E-state index in [1.54, 1.807) is 42.5 Å². The number of halogens is 1. The molecular weight excluding hydrogens is 450 g/mol. The van der Waals surface area contributed by atoms with Gasteiger partial charge in [-0.1, -0.05) is 12.7 Å². The largest absolute Gasteiger partial charge is 0.493 e. The van der Waals surface area contributed by atoms with Gasteiger partial charge in [0.25, 0.3) is 5.91 Å². The number of hydrogen-bond donors (Lipinski definition) is 2. The summed E-state index contributed by atoms with van der Waals surface area (Å²) in [5.41, 5.74) is 1.58. The van der Waals surface area contributed by atoms with Gasteiger partial charge in [0.1, 0.15) is 18.2 Å². The quantitative estimate of drug-likeness (QED) is 0.336. The van der Waals surface area contributed by atoms with Crippen molar-refractivity contribution in [3.8, 4) is 17.6 Å². The second kappa shape index (κ2) is 10.8. The molecule has 0 fully saturated rings. The first-order valence-corrected chi connectivity index (χ1v) is 9.59. The predicted molar refractivity (Wildman–Crippen MR) is 119 cm³/mol. The van der Waals surface area contributed by atoms with Crippen LogP contribution in [0, 0.1) is 11.3 Å². The van der Waals surface area contributed by atoms with Crippen LogP contribution in [0.2, 0.25) is 0 Å². The van der Waals surface area contributed by atoms with Crippen molar-refractivity contribution in [1.29, 1.82) is 5.26 Å². The summed E-state index contributed by atoms with van der Waals surface area (Å²) < 4.78 is 11.5. The summed E-state index contributed by atoms with van der Waals surface area (Å²) in [6, 6.07) is 11.8. The van der Waals surface area contributed by atoms with Crippen molar-refractivity contribution in [3.63, 3.8) is 0 Å². The second-order valence-electron chi connectivity index (χ2n) is 6.02. The van der Waals surface area contributed by atoms with E-state index in [1.807, 2.05) is 6.07 Å². The highest BCUT2D eigenvalue weighted by molar-refractivity contribution is 9.10. The lowest BCUT2D eigenvalue weighted by Crippen LogP contribution is -2.13. The van der Waals surface area contributed by atoms with Gasteiger partial charge in [-0.2, -0.15) is 5.26 Å². The molecule has 0 atom stereocenters. The molecule has 0 aromatic heterocycles. The van der Waals surface area contributed by atoms with E-state index in [-0.39, 0.29) is 11.5 Å². The number of nitriles is 1. The number of carbonyl (C=O) groups excluding carboxylic acids is 2. The molecule has 0 heterocycles. The molecule has 0 unspecified atom stereocenters. The molecule has 2 aromatic rings. The highest BCUT2D eigenvalue weighted by Gasteiger charge is 2.14. The number of amides is 2. The standard InChI is InChI=1S/C22H20BrN3O4/c1-4-9-30-21-19(23)11-15(12-20(21)29-3)10-16(13-24)22(28)26-18-7-5-17(6-8-18)25-14(2)27/h4-8,10-12H,1,9H2,2-3H3,(H,25,27)(H,26,28)/b16-10+. The molecule has 0 aliphatic rings. The van der Waals surface area contributed by atoms with Crippen LogP contribution in [-0.2, 0) is 9.59 Å². The van der Waals surface area contributed by atoms with Crippen LogP contribution in [0.3, 0.4) is 0 Å². The van der Waals surface area contributed by atoms with Gasteiger partial charge in [0.2, 0.25) is 5.91 Å². The van der Waals surface area contributed by atoms with E-state index < -0.39 is 5.91 Å². The first-order chi connectivity index (χ1) is 14.4. The van der Waals surface area contributed by atoms with Gasteiger partial charge < -0.3 is 20.1 Å². The van der Waals surface area contributed by atoms with Crippen LogP contribution in [-0.4, -0.2) is 25.5 Å². The zero-order valence-electron chi connectivity index (χ0n) is 16.5. The average molecular weight is 470 g/mol. The van der Waals surface area contributed by atoms with Crippen LogP contribution in [0.1, 0.15) is 12.5 Å². The first-order valence-electron chi connectivity index (χ1n) is 8.80. The number of ether oxygens (including phenoxy) is 2. The third-order valence-electron chi connectivity index (χ3n) is 3.74. The number of benzene rings is 2. The van der Waals surface area contributed by atoms with Gasteiger partial charge in [-0.15, -0.1) is 0 Å². The summed E-state index contributed by atoms with van der Waals surface area (Å²) >= 11 is 3.41. The maximum atomic E-state index is 12.5. The van der Waals surface area contributed by atoms with E-state index in [0.717, 1.165) is 0 Å². The Morgan fingerprint density at radius 3 is 2.37 bits per heavy atom. The van der Waals surface area contributed by atoms with E-state index in [4.69, 9.17) is 9.47 Å². The lowest BCUT2D eigenvalue weighted by molar-refractivity contribution is -0.114. The van der Waals surface area contributed by atoms with Gasteiger partial charge in [0.15, 0.2) is 11.5 Å². The third kappa shape index (κ3) is 6.22. The van der Waals surface area contributed by atoms with Gasteiger partial charge in [0, 0.05) is 18.3 Å². The Labute approximate surface area is 183 Å². The molecular formula is C22H20BrN3O4. The SMILES string of the molecule is C=CCOc1c(Br)cc(/C=C(\C#N)C(=O)Nc2ccc(NC(C)=O)cc2)cc1OC. The summed E-state index contributed by atoms with van der Waals surface area (Å²) in [4.78, 5) is 23.6. The number of hydrogen-bond acceptors (Lipinski definition) is 5. The molecule has 30 heavy (non-hydrogen) atoms. The zero-order chi connectivity index (χ0) is 22.1. The number of nitrogens with one attached hydrogen (secondary N) is 2. The maximum absolute atomic E-state index is 12.5. The highest BCUT2D eigenvalue weighted by Crippen LogP contribution is 2.37. The minimum Gasteiger partial charge on any atom is -0.493 e. The second-order valence-corrected chi connectivity index (χ2v) is 6.87. The average Bonchev–Trinajstić information content (AvgIpc) is 2.71. The molecule has 2 rings (SSSR count). The Hall–Kier alpha value is -3.57. The van der Waals surface area contributed by atoms with Crippen molar-refractivity contribution in [2.45, 2.75) is 6.92 Å². The van der Waals surface area contributed by atoms with Crippen molar-refractivity contribution in [2.75, 3.05) is 24.4 Å². The molecule has 2 aromatic carbocycles. The Bertz CT molecular complexity index is 1020. The van der Waals surface area contributed by atoms with Gasteiger partial charge >= 0.3 is 0 Å². The minimum absolute atomic E-state index is 0.0883. The number of rotatable bonds is 8. The summed E-state index contributed by atoms with van der Waals surface area (Å²) in [6.07, 6.45) is 3.06. The van der Waals surface area contributed by atoms with Crippen molar-refractivity contribution in [3.05, 3.63) is 64.7 Å². The summed E-state index contributed by atoms with van der Waals surface area (Å²) in [6.45, 7) is 5.32. The van der Waals surface area contributed by atoms with Gasteiger partial charge in [-0.25, -0.2) is 0 Å². The monoisotopic (exact) mass is 469 g/mol. The fourth-order valence-corrected chi connectivity index (χ4v) is 3.03. The minimum atomic E-state index is -0.563. The third-order valence-corrected chi connectivity index (χ3v) is 4.33. The molecule has 154 valence electrons. The highest BCUT2D eigenvalue weighted by atomic mass is 79.9. The number of nitrogens with zero attached hydrogens (tertiary/aromatic N) is 1. The van der Waals surface area contributed by atoms with Crippen LogP contribution in [0.5, 0.6) is 11.5 Å². The van der Waals surface area contributed by atoms with E-state index >= 15 is 0 Å². The molecule has 2 amide bonds. The van der Waals surface area contributed by atoms with Crippen LogP contribution in [0.25, 0.3) is 6.08 Å². The number of anilines is 2. The lowest BCUT2D eigenvalue weighted by Gasteiger charge is -2.12. The number of carbonyl (C=O) groups is 2. The molecule has 0 saturated carbocycles. The molecule has 0 spiro atoms. The fraction of sp³-hybridized carbons (Fsp3) is 0.136. The van der Waals surface area contributed by atoms with Crippen molar-refractivity contribution in [2.24, 2.45) is 0 Å². The van der Waals surface area contributed by atoms with Gasteiger partial charge in [0.05, 0.1) is 11.6 Å². The number of methoxy groups -OCH3 is 1. The van der Waals surface area contributed by atoms with Crippen LogP contribution < -0.4 is 20.1 Å². The van der Waals surface area contributed by atoms with E-state index in [0.29, 0.717) is 39.5 Å². The molecule has 0 aliphatic carbocycles. The summed E-state index contributed by atoms with van der Waals surface area (Å²) in [7, 11) is 1.50. The van der Waals surface area contributed by atoms with Crippen molar-refractivity contribution >= 4 is 45.2 Å². The Kier molecular flexibility index (Phi) is 8.20. The van der Waals surface area contributed by atoms with Gasteiger partial charge in [-0.05, 0) is 64.0 Å². The van der Waals surface area contributed by atoms with Crippen LogP contribution in [0.15, 0.2) is 59.1 Å². The topological polar surface area (TPSA) is 100 Å². The molecule has 7 nitrogen and oxygen atoms in total. The van der Waals surface area contributed by atoms with Crippen LogP contribution >= 0.6 is 15.9 Å². The van der Waals surface area contributed by atoms with E-state index in [9.17, 15) is 14.9 Å². The fourth-order valence-electron chi connectivity index (χ4n) is 2.46. The normalized spacial score (nSPS) is 10.5. The molecule has 0 aliphatic heterocycles. The van der Waals surface area contributed by atoms with Crippen molar-refractivity contribution in [1.82, 2.24) is 0 Å². The molecule has 0 bridgehead atoms. The summed E-state index contributed by atoms with van der Waals surface area (Å²) in [5, 5.41) is 14.7. The van der Waals surface area contributed by atoms with Gasteiger partial charge in [-0.3, -0.25) is 9.59 Å². The molecule has 8 heteroatoms. The van der Waals surface area contributed by atoms with E-state index in [1.165, 1.54) is 20.1 Å².